The third kappa shape index (κ3) is 3.50. The quantitative estimate of drug-likeness (QED) is 0.881. The van der Waals surface area contributed by atoms with E-state index in [4.69, 9.17) is 15.2 Å². The average Bonchev–Trinajstić information content (AvgIpc) is 2.45. The van der Waals surface area contributed by atoms with E-state index < -0.39 is 6.04 Å². The molecule has 2 aromatic rings. The third-order valence-corrected chi connectivity index (χ3v) is 2.81. The van der Waals surface area contributed by atoms with Crippen molar-refractivity contribution >= 4 is 12.4 Å². The molecular formula is C13H17ClN4O3. The fourth-order valence-electron chi connectivity index (χ4n) is 1.76. The third-order valence-electron chi connectivity index (χ3n) is 2.81. The summed E-state index contributed by atoms with van der Waals surface area (Å²) in [7, 11) is 3.09. The van der Waals surface area contributed by atoms with E-state index in [0.717, 1.165) is 0 Å². The van der Waals surface area contributed by atoms with Gasteiger partial charge >= 0.3 is 0 Å². The molecule has 0 saturated heterocycles. The van der Waals surface area contributed by atoms with Crippen molar-refractivity contribution < 1.29 is 9.47 Å². The van der Waals surface area contributed by atoms with E-state index in [1.807, 2.05) is 0 Å². The lowest BCUT2D eigenvalue weighted by molar-refractivity contribution is 0.355. The van der Waals surface area contributed by atoms with Crippen molar-refractivity contribution in [2.24, 2.45) is 5.73 Å². The van der Waals surface area contributed by atoms with Crippen LogP contribution in [0, 0.1) is 0 Å². The molecule has 0 amide bonds. The number of nitrogens with zero attached hydrogens (tertiary/aromatic N) is 2. The lowest BCUT2D eigenvalue weighted by Gasteiger charge is -2.09. The molecule has 0 aliphatic carbocycles. The Morgan fingerprint density at radius 3 is 2.38 bits per heavy atom. The number of benzene rings is 1. The zero-order valence-corrected chi connectivity index (χ0v) is 12.7. The van der Waals surface area contributed by atoms with Crippen LogP contribution < -0.4 is 20.8 Å². The van der Waals surface area contributed by atoms with Crippen LogP contribution in [0.15, 0.2) is 23.0 Å². The van der Waals surface area contributed by atoms with Crippen molar-refractivity contribution in [1.82, 2.24) is 15.2 Å². The number of halogens is 1. The van der Waals surface area contributed by atoms with Crippen molar-refractivity contribution in [1.29, 1.82) is 0 Å². The van der Waals surface area contributed by atoms with Crippen molar-refractivity contribution in [3.05, 3.63) is 34.2 Å². The first-order valence-corrected chi connectivity index (χ1v) is 6.01. The molecule has 1 atom stereocenters. The van der Waals surface area contributed by atoms with Crippen molar-refractivity contribution in [2.75, 3.05) is 14.2 Å². The lowest BCUT2D eigenvalue weighted by atomic mass is 10.2. The number of ether oxygens (including phenoxy) is 2. The summed E-state index contributed by atoms with van der Waals surface area (Å²) < 4.78 is 10.4. The predicted octanol–water partition coefficient (Wildman–Crippen LogP) is 1.29. The maximum Gasteiger partial charge on any atom is 0.274 e. The van der Waals surface area contributed by atoms with Gasteiger partial charge in [-0.05, 0) is 25.1 Å². The van der Waals surface area contributed by atoms with E-state index in [1.165, 1.54) is 7.11 Å². The summed E-state index contributed by atoms with van der Waals surface area (Å²) in [4.78, 5) is 14.5. The number of aromatic amines is 1. The van der Waals surface area contributed by atoms with Gasteiger partial charge in [0, 0.05) is 5.56 Å². The smallest absolute Gasteiger partial charge is 0.274 e. The van der Waals surface area contributed by atoms with E-state index >= 15 is 0 Å². The molecule has 0 fully saturated rings. The fraction of sp³-hybridized carbons (Fsp3) is 0.308. The number of H-pyrrole nitrogens is 1. The number of hydrogen-bond acceptors (Lipinski definition) is 6. The zero-order valence-electron chi connectivity index (χ0n) is 11.9. The van der Waals surface area contributed by atoms with Crippen LogP contribution in [0.5, 0.6) is 11.5 Å². The highest BCUT2D eigenvalue weighted by atomic mass is 35.5. The average molecular weight is 313 g/mol. The monoisotopic (exact) mass is 312 g/mol. The molecule has 114 valence electrons. The SMILES string of the molecule is COc1ccc(-c2nnc(C(C)N)c(=O)[nH]2)cc1OC.Cl. The van der Waals surface area contributed by atoms with Gasteiger partial charge in [-0.3, -0.25) is 4.79 Å². The Morgan fingerprint density at radius 2 is 1.86 bits per heavy atom. The normalized spacial score (nSPS) is 11.4. The summed E-state index contributed by atoms with van der Waals surface area (Å²) >= 11 is 0. The Morgan fingerprint density at radius 1 is 1.19 bits per heavy atom. The highest BCUT2D eigenvalue weighted by Gasteiger charge is 2.12. The molecule has 0 aliphatic heterocycles. The topological polar surface area (TPSA) is 103 Å². The molecule has 0 spiro atoms. The highest BCUT2D eigenvalue weighted by Crippen LogP contribution is 2.30. The molecule has 0 saturated carbocycles. The molecule has 2 rings (SSSR count). The molecule has 3 N–H and O–H groups in total. The number of aromatic nitrogens is 3. The van der Waals surface area contributed by atoms with Gasteiger partial charge in [0.1, 0.15) is 5.69 Å². The maximum absolute atomic E-state index is 11.8. The van der Waals surface area contributed by atoms with Crippen molar-refractivity contribution in [3.63, 3.8) is 0 Å². The molecular weight excluding hydrogens is 296 g/mol. The van der Waals surface area contributed by atoms with Crippen LogP contribution in [0.1, 0.15) is 18.7 Å². The molecule has 21 heavy (non-hydrogen) atoms. The van der Waals surface area contributed by atoms with E-state index in [0.29, 0.717) is 22.9 Å². The van der Waals surface area contributed by atoms with Crippen LogP contribution in [0.3, 0.4) is 0 Å². The van der Waals surface area contributed by atoms with Gasteiger partial charge in [-0.15, -0.1) is 22.6 Å². The Bertz CT molecular complexity index is 673. The van der Waals surface area contributed by atoms with Gasteiger partial charge in [-0.25, -0.2) is 0 Å². The first kappa shape index (κ1) is 16.9. The number of nitrogens with two attached hydrogens (primary N) is 1. The molecule has 7 nitrogen and oxygen atoms in total. The predicted molar refractivity (Wildman–Crippen MR) is 81.0 cm³/mol. The number of hydrogen-bond donors (Lipinski definition) is 2. The Balaban J connectivity index is 0.00000220. The van der Waals surface area contributed by atoms with E-state index in [1.54, 1.807) is 32.2 Å². The van der Waals surface area contributed by atoms with E-state index in [2.05, 4.69) is 15.2 Å². The second-order valence-corrected chi connectivity index (χ2v) is 4.25. The van der Waals surface area contributed by atoms with Gasteiger partial charge in [-0.1, -0.05) is 0 Å². The Kier molecular flexibility index (Phi) is 5.69. The molecule has 8 heteroatoms. The summed E-state index contributed by atoms with van der Waals surface area (Å²) in [5.41, 5.74) is 6.15. The van der Waals surface area contributed by atoms with E-state index in [-0.39, 0.29) is 23.7 Å². The van der Waals surface area contributed by atoms with Gasteiger partial charge in [0.15, 0.2) is 17.3 Å². The molecule has 0 aliphatic rings. The van der Waals surface area contributed by atoms with Crippen molar-refractivity contribution in [3.8, 4) is 22.9 Å². The fourth-order valence-corrected chi connectivity index (χ4v) is 1.76. The molecule has 1 heterocycles. The minimum atomic E-state index is -0.467. The highest BCUT2D eigenvalue weighted by molar-refractivity contribution is 5.85. The molecule has 1 aromatic carbocycles. The zero-order chi connectivity index (χ0) is 14.7. The second kappa shape index (κ2) is 7.05. The van der Waals surface area contributed by atoms with Gasteiger partial charge in [0.05, 0.1) is 20.3 Å². The van der Waals surface area contributed by atoms with Crippen LogP contribution in [-0.4, -0.2) is 29.4 Å². The number of methoxy groups -OCH3 is 2. The minimum absolute atomic E-state index is 0. The summed E-state index contributed by atoms with van der Waals surface area (Å²) in [6.45, 7) is 1.68. The first-order chi connectivity index (χ1) is 9.56. The van der Waals surface area contributed by atoms with Crippen LogP contribution in [0.2, 0.25) is 0 Å². The van der Waals surface area contributed by atoms with Crippen molar-refractivity contribution in [2.45, 2.75) is 13.0 Å². The number of nitrogens with one attached hydrogen (secondary N) is 1. The maximum atomic E-state index is 11.8. The summed E-state index contributed by atoms with van der Waals surface area (Å²) in [6, 6.07) is 4.73. The van der Waals surface area contributed by atoms with Gasteiger partial charge < -0.3 is 20.2 Å². The summed E-state index contributed by atoms with van der Waals surface area (Å²) in [5.74, 6) is 1.49. The Hall–Kier alpha value is -2.12. The Labute approximate surface area is 127 Å². The second-order valence-electron chi connectivity index (χ2n) is 4.25. The molecule has 0 radical (unpaired) electrons. The van der Waals surface area contributed by atoms with Crippen LogP contribution in [-0.2, 0) is 0 Å². The standard InChI is InChI=1S/C13H16N4O3.ClH/c1-7(14)11-13(18)15-12(17-16-11)8-4-5-9(19-2)10(6-8)20-3;/h4-7H,14H2,1-3H3,(H,15,17,18);1H. The summed E-state index contributed by atoms with van der Waals surface area (Å²) in [6.07, 6.45) is 0. The van der Waals surface area contributed by atoms with Crippen LogP contribution in [0.25, 0.3) is 11.4 Å². The molecule has 1 aromatic heterocycles. The van der Waals surface area contributed by atoms with Gasteiger partial charge in [0.25, 0.3) is 5.56 Å². The first-order valence-electron chi connectivity index (χ1n) is 6.01. The summed E-state index contributed by atoms with van der Waals surface area (Å²) in [5, 5.41) is 7.84. The van der Waals surface area contributed by atoms with E-state index in [9.17, 15) is 4.79 Å². The lowest BCUT2D eigenvalue weighted by Crippen LogP contribution is -2.23. The largest absolute Gasteiger partial charge is 0.493 e. The molecule has 1 unspecified atom stereocenters. The minimum Gasteiger partial charge on any atom is -0.493 e. The van der Waals surface area contributed by atoms with Gasteiger partial charge in [-0.2, -0.15) is 0 Å². The van der Waals surface area contributed by atoms with Gasteiger partial charge in [0.2, 0.25) is 0 Å². The number of rotatable bonds is 4. The molecule has 0 bridgehead atoms. The van der Waals surface area contributed by atoms with Crippen LogP contribution >= 0.6 is 12.4 Å². The van der Waals surface area contributed by atoms with Crippen LogP contribution in [0.4, 0.5) is 0 Å².